The third-order valence-electron chi connectivity index (χ3n) is 3.89. The quantitative estimate of drug-likeness (QED) is 0.541. The van der Waals surface area contributed by atoms with Crippen molar-refractivity contribution in [3.63, 3.8) is 0 Å². The highest BCUT2D eigenvalue weighted by molar-refractivity contribution is 7.99. The first-order chi connectivity index (χ1) is 12.3. The average Bonchev–Trinajstić information content (AvgIpc) is 3.29. The molecule has 0 bridgehead atoms. The first kappa shape index (κ1) is 15.6. The van der Waals surface area contributed by atoms with Gasteiger partial charge in [0.2, 0.25) is 0 Å². The summed E-state index contributed by atoms with van der Waals surface area (Å²) in [6.07, 6.45) is 1.78. The van der Waals surface area contributed by atoms with Gasteiger partial charge in [0.1, 0.15) is 0 Å². The molecule has 0 radical (unpaired) electrons. The van der Waals surface area contributed by atoms with E-state index < -0.39 is 0 Å². The zero-order valence-corrected chi connectivity index (χ0v) is 14.1. The number of aromatic nitrogens is 5. The molecule has 4 rings (SSSR count). The Labute approximate surface area is 148 Å². The van der Waals surface area contributed by atoms with Gasteiger partial charge in [-0.3, -0.25) is 4.79 Å². The molecule has 2 aromatic carbocycles. The van der Waals surface area contributed by atoms with Gasteiger partial charge in [0.25, 0.3) is 0 Å². The molecule has 0 unspecified atom stereocenters. The molecule has 0 aliphatic heterocycles. The first-order valence-corrected chi connectivity index (χ1v) is 8.98. The average molecular weight is 349 g/mol. The lowest BCUT2D eigenvalue weighted by atomic mass is 10.1. The molecular formula is C18H15N5OS. The highest BCUT2D eigenvalue weighted by atomic mass is 32.2. The number of nitrogens with zero attached hydrogens (tertiary/aromatic N) is 4. The van der Waals surface area contributed by atoms with Crippen LogP contribution in [0.25, 0.3) is 16.6 Å². The van der Waals surface area contributed by atoms with Gasteiger partial charge < -0.3 is 4.98 Å². The number of benzene rings is 2. The van der Waals surface area contributed by atoms with Gasteiger partial charge in [-0.1, -0.05) is 36.4 Å². The van der Waals surface area contributed by atoms with Crippen LogP contribution in [0.3, 0.4) is 0 Å². The number of hydrogen-bond acceptors (Lipinski definition) is 5. The van der Waals surface area contributed by atoms with Crippen molar-refractivity contribution in [2.24, 2.45) is 0 Å². The summed E-state index contributed by atoms with van der Waals surface area (Å²) in [5.74, 6) is 1.77. The van der Waals surface area contributed by atoms with Gasteiger partial charge in [0.05, 0.1) is 17.2 Å². The molecule has 6 nitrogen and oxygen atoms in total. The summed E-state index contributed by atoms with van der Waals surface area (Å²) in [4.78, 5) is 15.6. The maximum Gasteiger partial charge on any atom is 0.174 e. The number of nitrogens with one attached hydrogen (secondary N) is 1. The van der Waals surface area contributed by atoms with Gasteiger partial charge >= 0.3 is 0 Å². The van der Waals surface area contributed by atoms with E-state index in [2.05, 4.69) is 20.5 Å². The van der Waals surface area contributed by atoms with Crippen molar-refractivity contribution in [2.75, 3.05) is 5.75 Å². The van der Waals surface area contributed by atoms with E-state index in [0.29, 0.717) is 11.5 Å². The molecule has 0 amide bonds. The highest BCUT2D eigenvalue weighted by Gasteiger charge is 2.13. The number of fused-ring (bicyclic) bond motifs is 1. The molecule has 0 aliphatic rings. The Kier molecular flexibility index (Phi) is 4.30. The molecule has 25 heavy (non-hydrogen) atoms. The smallest absolute Gasteiger partial charge is 0.174 e. The summed E-state index contributed by atoms with van der Waals surface area (Å²) in [6, 6.07) is 17.5. The van der Waals surface area contributed by atoms with Crippen molar-refractivity contribution in [3.05, 3.63) is 72.2 Å². The Morgan fingerprint density at radius 2 is 1.88 bits per heavy atom. The Bertz CT molecular complexity index is 1010. The molecule has 0 fully saturated rings. The van der Waals surface area contributed by atoms with Crippen LogP contribution in [0.4, 0.5) is 0 Å². The van der Waals surface area contributed by atoms with E-state index in [1.807, 2.05) is 54.6 Å². The number of Topliss-reactive ketones (excluding diaryl/α,β-unsaturated/α-hetero) is 1. The van der Waals surface area contributed by atoms with Crippen LogP contribution in [-0.2, 0) is 5.75 Å². The second kappa shape index (κ2) is 6.90. The number of tetrazole rings is 1. The van der Waals surface area contributed by atoms with Crippen LogP contribution in [0.5, 0.6) is 0 Å². The Morgan fingerprint density at radius 1 is 1.08 bits per heavy atom. The number of thioether (sulfide) groups is 1. The third kappa shape index (κ3) is 3.18. The number of hydrogen-bond donors (Lipinski definition) is 1. The Balaban J connectivity index is 1.43. The van der Waals surface area contributed by atoms with Crippen molar-refractivity contribution in [3.8, 4) is 5.69 Å². The van der Waals surface area contributed by atoms with Gasteiger partial charge in [-0.2, -0.15) is 4.68 Å². The summed E-state index contributed by atoms with van der Waals surface area (Å²) >= 11 is 1.51. The Morgan fingerprint density at radius 3 is 2.76 bits per heavy atom. The number of aromatic amines is 1. The molecule has 0 saturated heterocycles. The topological polar surface area (TPSA) is 76.5 Å². The number of ketones is 1. The number of H-pyrrole nitrogens is 1. The summed E-state index contributed by atoms with van der Waals surface area (Å²) in [7, 11) is 0. The van der Waals surface area contributed by atoms with Gasteiger partial charge in [-0.25, -0.2) is 0 Å². The zero-order valence-electron chi connectivity index (χ0n) is 13.3. The van der Waals surface area contributed by atoms with Crippen LogP contribution in [0.1, 0.15) is 16.2 Å². The fourth-order valence-electron chi connectivity index (χ4n) is 2.68. The first-order valence-electron chi connectivity index (χ1n) is 7.82. The van der Waals surface area contributed by atoms with E-state index >= 15 is 0 Å². The fourth-order valence-corrected chi connectivity index (χ4v) is 3.49. The molecule has 2 aromatic heterocycles. The van der Waals surface area contributed by atoms with Crippen LogP contribution < -0.4 is 0 Å². The molecule has 7 heteroatoms. The zero-order chi connectivity index (χ0) is 17.1. The van der Waals surface area contributed by atoms with Crippen molar-refractivity contribution in [1.82, 2.24) is 25.2 Å². The summed E-state index contributed by atoms with van der Waals surface area (Å²) in [5, 5.41) is 12.8. The van der Waals surface area contributed by atoms with E-state index in [9.17, 15) is 4.79 Å². The van der Waals surface area contributed by atoms with E-state index in [1.54, 1.807) is 10.9 Å². The molecule has 124 valence electrons. The van der Waals surface area contributed by atoms with Crippen molar-refractivity contribution >= 4 is 28.4 Å². The van der Waals surface area contributed by atoms with E-state index in [1.165, 1.54) is 11.8 Å². The number of carbonyl (C=O) groups excluding carboxylic acids is 1. The largest absolute Gasteiger partial charge is 0.360 e. The minimum atomic E-state index is 0.0983. The van der Waals surface area contributed by atoms with Crippen LogP contribution >= 0.6 is 11.8 Å². The Hall–Kier alpha value is -2.93. The lowest BCUT2D eigenvalue weighted by Gasteiger charge is -2.04. The highest BCUT2D eigenvalue weighted by Crippen LogP contribution is 2.21. The fraction of sp³-hybridized carbons (Fsp3) is 0.111. The standard InChI is InChI=1S/C18H15N5OS/c24-17(15-10-19-16-9-5-4-8-14(15)16)11-25-12-18-20-21-22-23(18)13-6-2-1-3-7-13/h1-10,19H,11-12H2. The van der Waals surface area contributed by atoms with Crippen molar-refractivity contribution < 1.29 is 4.79 Å². The van der Waals surface area contributed by atoms with Crippen molar-refractivity contribution in [2.45, 2.75) is 5.75 Å². The number of rotatable bonds is 6. The predicted octanol–water partition coefficient (Wildman–Crippen LogP) is 3.26. The molecule has 2 heterocycles. The van der Waals surface area contributed by atoms with Gasteiger partial charge in [-0.15, -0.1) is 16.9 Å². The minimum Gasteiger partial charge on any atom is -0.360 e. The molecule has 0 atom stereocenters. The normalized spacial score (nSPS) is 11.0. The summed E-state index contributed by atoms with van der Waals surface area (Å²) in [6.45, 7) is 0. The molecule has 0 aliphatic carbocycles. The lowest BCUT2D eigenvalue weighted by molar-refractivity contribution is 0.102. The molecule has 4 aromatic rings. The molecule has 0 spiro atoms. The lowest BCUT2D eigenvalue weighted by Crippen LogP contribution is -2.05. The third-order valence-corrected chi connectivity index (χ3v) is 4.82. The molecular weight excluding hydrogens is 334 g/mol. The van der Waals surface area contributed by atoms with E-state index in [-0.39, 0.29) is 5.78 Å². The van der Waals surface area contributed by atoms with Crippen molar-refractivity contribution in [1.29, 1.82) is 0 Å². The summed E-state index contributed by atoms with van der Waals surface area (Å²) < 4.78 is 1.70. The number of carbonyl (C=O) groups is 1. The van der Waals surface area contributed by atoms with Gasteiger partial charge in [0, 0.05) is 22.7 Å². The monoisotopic (exact) mass is 349 g/mol. The van der Waals surface area contributed by atoms with Gasteiger partial charge in [0.15, 0.2) is 11.6 Å². The second-order valence-corrected chi connectivity index (χ2v) is 6.49. The predicted molar refractivity (Wildman–Crippen MR) is 97.9 cm³/mol. The minimum absolute atomic E-state index is 0.0983. The molecule has 1 N–H and O–H groups in total. The van der Waals surface area contributed by atoms with E-state index in [0.717, 1.165) is 28.0 Å². The van der Waals surface area contributed by atoms with Gasteiger partial charge in [-0.05, 0) is 28.6 Å². The molecule has 0 saturated carbocycles. The van der Waals surface area contributed by atoms with E-state index in [4.69, 9.17) is 0 Å². The number of para-hydroxylation sites is 2. The maximum atomic E-state index is 12.5. The van der Waals surface area contributed by atoms with Crippen LogP contribution in [-0.4, -0.2) is 36.7 Å². The SMILES string of the molecule is O=C(CSCc1nnnn1-c1ccccc1)c1c[nH]c2ccccc12. The maximum absolute atomic E-state index is 12.5. The summed E-state index contributed by atoms with van der Waals surface area (Å²) in [5.41, 5.74) is 2.61. The van der Waals surface area contributed by atoms with Crippen LogP contribution in [0.2, 0.25) is 0 Å². The van der Waals surface area contributed by atoms with Crippen LogP contribution in [0, 0.1) is 0 Å². The van der Waals surface area contributed by atoms with Crippen LogP contribution in [0.15, 0.2) is 60.8 Å². The second-order valence-electron chi connectivity index (χ2n) is 5.51.